The lowest BCUT2D eigenvalue weighted by Gasteiger charge is -2.46. The molecule has 3 heteroatoms. The molecule has 0 bridgehead atoms. The molecule has 2 nitrogen and oxygen atoms in total. The quantitative estimate of drug-likeness (QED) is 0.838. The maximum absolute atomic E-state index is 13.9. The summed E-state index contributed by atoms with van der Waals surface area (Å²) in [4.78, 5) is 0. The van der Waals surface area contributed by atoms with Crippen molar-refractivity contribution in [2.45, 2.75) is 44.3 Å². The fraction of sp³-hybridized carbons (Fsp3) is 0.625. The Labute approximate surface area is 114 Å². The number of halogens is 1. The van der Waals surface area contributed by atoms with Crippen molar-refractivity contribution in [2.24, 2.45) is 5.92 Å². The highest BCUT2D eigenvalue weighted by Gasteiger charge is 2.41. The first-order valence-electron chi connectivity index (χ1n) is 7.31. The van der Waals surface area contributed by atoms with Gasteiger partial charge in [-0.25, -0.2) is 4.39 Å². The van der Waals surface area contributed by atoms with Crippen LogP contribution in [0.1, 0.15) is 44.3 Å². The van der Waals surface area contributed by atoms with Crippen LogP contribution in [0.3, 0.4) is 0 Å². The molecule has 1 saturated carbocycles. The van der Waals surface area contributed by atoms with E-state index < -0.39 is 0 Å². The van der Waals surface area contributed by atoms with E-state index in [1.807, 2.05) is 12.1 Å². The van der Waals surface area contributed by atoms with Crippen molar-refractivity contribution in [3.8, 4) is 0 Å². The van der Waals surface area contributed by atoms with Gasteiger partial charge >= 0.3 is 0 Å². The van der Waals surface area contributed by atoms with Gasteiger partial charge in [-0.3, -0.25) is 0 Å². The average molecular weight is 263 g/mol. The Kier molecular flexibility index (Phi) is 3.59. The molecule has 0 aromatic heterocycles. The maximum atomic E-state index is 13.9. The van der Waals surface area contributed by atoms with E-state index >= 15 is 0 Å². The van der Waals surface area contributed by atoms with Gasteiger partial charge in [-0.1, -0.05) is 38.0 Å². The predicted molar refractivity (Wildman–Crippen MR) is 73.5 cm³/mol. The Morgan fingerprint density at radius 3 is 3.00 bits per heavy atom. The van der Waals surface area contributed by atoms with Gasteiger partial charge in [0.05, 0.1) is 11.7 Å². The summed E-state index contributed by atoms with van der Waals surface area (Å²) in [5.41, 5.74) is 0.607. The molecule has 2 aliphatic rings. The third-order valence-electron chi connectivity index (χ3n) is 4.47. The van der Waals surface area contributed by atoms with Crippen LogP contribution in [0.15, 0.2) is 24.3 Å². The Balaban J connectivity index is 1.80. The first-order chi connectivity index (χ1) is 9.19. The monoisotopic (exact) mass is 263 g/mol. The van der Waals surface area contributed by atoms with Gasteiger partial charge in [0.15, 0.2) is 0 Å². The largest absolute Gasteiger partial charge is 0.364 e. The summed E-state index contributed by atoms with van der Waals surface area (Å²) in [6.45, 7) is 3.90. The first-order valence-corrected chi connectivity index (χ1v) is 7.31. The number of rotatable bonds is 1. The molecule has 0 amide bonds. The van der Waals surface area contributed by atoms with Crippen LogP contribution in [0, 0.1) is 11.7 Å². The maximum Gasteiger partial charge on any atom is 0.129 e. The van der Waals surface area contributed by atoms with E-state index in [0.29, 0.717) is 18.0 Å². The lowest BCUT2D eigenvalue weighted by Crippen LogP contribution is -2.53. The Hall–Kier alpha value is -0.930. The summed E-state index contributed by atoms with van der Waals surface area (Å²) in [5.74, 6) is 0.546. The van der Waals surface area contributed by atoms with E-state index in [1.165, 1.54) is 18.9 Å². The molecular formula is C16H22FNO. The first kappa shape index (κ1) is 13.1. The zero-order chi connectivity index (χ0) is 13.3. The van der Waals surface area contributed by atoms with Crippen LogP contribution in [-0.2, 0) is 4.74 Å². The van der Waals surface area contributed by atoms with E-state index in [4.69, 9.17) is 4.74 Å². The Morgan fingerprint density at radius 2 is 2.21 bits per heavy atom. The summed E-state index contributed by atoms with van der Waals surface area (Å²) in [7, 11) is 0. The van der Waals surface area contributed by atoms with Crippen molar-refractivity contribution in [3.05, 3.63) is 35.6 Å². The second kappa shape index (κ2) is 5.22. The van der Waals surface area contributed by atoms with E-state index in [2.05, 4.69) is 12.2 Å². The number of ether oxygens (including phenoxy) is 1. The molecule has 1 aromatic carbocycles. The van der Waals surface area contributed by atoms with Crippen molar-refractivity contribution in [1.82, 2.24) is 5.32 Å². The van der Waals surface area contributed by atoms with Crippen molar-refractivity contribution in [3.63, 3.8) is 0 Å². The summed E-state index contributed by atoms with van der Waals surface area (Å²) < 4.78 is 20.2. The highest BCUT2D eigenvalue weighted by Crippen LogP contribution is 2.40. The molecule has 19 heavy (non-hydrogen) atoms. The molecule has 1 aliphatic heterocycles. The van der Waals surface area contributed by atoms with Crippen molar-refractivity contribution in [2.75, 3.05) is 13.1 Å². The molecule has 1 spiro atoms. The fourth-order valence-electron chi connectivity index (χ4n) is 3.61. The molecular weight excluding hydrogens is 241 g/mol. The minimum absolute atomic E-state index is 0.0805. The number of hydrogen-bond acceptors (Lipinski definition) is 2. The van der Waals surface area contributed by atoms with Gasteiger partial charge in [0, 0.05) is 18.7 Å². The molecule has 1 saturated heterocycles. The molecule has 1 aromatic rings. The van der Waals surface area contributed by atoms with Crippen LogP contribution < -0.4 is 5.32 Å². The standard InChI is InChI=1S/C16H22FNO/c1-12-5-4-8-16(9-12)11-18-10-15(19-16)13-6-2-3-7-14(13)17/h2-3,6-7,12,15,18H,4-5,8-11H2,1H3. The van der Waals surface area contributed by atoms with Crippen LogP contribution in [0.5, 0.6) is 0 Å². The number of hydrogen-bond donors (Lipinski definition) is 1. The second-order valence-corrected chi connectivity index (χ2v) is 6.14. The molecule has 1 N–H and O–H groups in total. The van der Waals surface area contributed by atoms with Crippen molar-refractivity contribution >= 4 is 0 Å². The SMILES string of the molecule is CC1CCCC2(CNCC(c3ccccc3F)O2)C1. The predicted octanol–water partition coefficient (Wildman–Crippen LogP) is 3.44. The van der Waals surface area contributed by atoms with Gasteiger partial charge in [0.2, 0.25) is 0 Å². The van der Waals surface area contributed by atoms with E-state index in [1.54, 1.807) is 6.07 Å². The van der Waals surface area contributed by atoms with Gasteiger partial charge in [-0.2, -0.15) is 0 Å². The number of nitrogens with one attached hydrogen (secondary N) is 1. The van der Waals surface area contributed by atoms with Gasteiger partial charge in [-0.15, -0.1) is 0 Å². The minimum atomic E-state index is -0.157. The number of morpholine rings is 1. The van der Waals surface area contributed by atoms with Crippen LogP contribution >= 0.6 is 0 Å². The van der Waals surface area contributed by atoms with Gasteiger partial charge in [-0.05, 0) is 24.8 Å². The highest BCUT2D eigenvalue weighted by atomic mass is 19.1. The van der Waals surface area contributed by atoms with Crippen LogP contribution in [-0.4, -0.2) is 18.7 Å². The summed E-state index contributed by atoms with van der Waals surface area (Å²) in [6, 6.07) is 6.97. The summed E-state index contributed by atoms with van der Waals surface area (Å²) in [5, 5.41) is 3.45. The Bertz CT molecular complexity index is 446. The molecule has 1 heterocycles. The van der Waals surface area contributed by atoms with Crippen LogP contribution in [0.2, 0.25) is 0 Å². The Morgan fingerprint density at radius 1 is 1.37 bits per heavy atom. The van der Waals surface area contributed by atoms with Gasteiger partial charge in [0.25, 0.3) is 0 Å². The molecule has 3 rings (SSSR count). The van der Waals surface area contributed by atoms with Gasteiger partial charge in [0.1, 0.15) is 5.82 Å². The summed E-state index contributed by atoms with van der Waals surface area (Å²) in [6.07, 6.45) is 4.53. The van der Waals surface area contributed by atoms with E-state index in [9.17, 15) is 4.39 Å². The van der Waals surface area contributed by atoms with Gasteiger partial charge < -0.3 is 10.1 Å². The number of benzene rings is 1. The lowest BCUT2D eigenvalue weighted by molar-refractivity contribution is -0.144. The van der Waals surface area contributed by atoms with E-state index in [-0.39, 0.29) is 17.5 Å². The molecule has 3 unspecified atom stereocenters. The van der Waals surface area contributed by atoms with Crippen LogP contribution in [0.4, 0.5) is 4.39 Å². The minimum Gasteiger partial charge on any atom is -0.364 e. The third-order valence-corrected chi connectivity index (χ3v) is 4.47. The zero-order valence-electron chi connectivity index (χ0n) is 11.5. The second-order valence-electron chi connectivity index (χ2n) is 6.14. The van der Waals surface area contributed by atoms with Crippen LogP contribution in [0.25, 0.3) is 0 Å². The fourth-order valence-corrected chi connectivity index (χ4v) is 3.61. The zero-order valence-corrected chi connectivity index (χ0v) is 11.5. The molecule has 0 radical (unpaired) electrons. The normalized spacial score (nSPS) is 35.5. The van der Waals surface area contributed by atoms with Crippen molar-refractivity contribution < 1.29 is 9.13 Å². The molecule has 1 aliphatic carbocycles. The molecule has 3 atom stereocenters. The topological polar surface area (TPSA) is 21.3 Å². The molecule has 2 fully saturated rings. The lowest BCUT2D eigenvalue weighted by atomic mass is 9.77. The van der Waals surface area contributed by atoms with Crippen molar-refractivity contribution in [1.29, 1.82) is 0 Å². The summed E-state index contributed by atoms with van der Waals surface area (Å²) >= 11 is 0. The molecule has 104 valence electrons. The smallest absolute Gasteiger partial charge is 0.129 e. The highest BCUT2D eigenvalue weighted by molar-refractivity contribution is 5.21. The third kappa shape index (κ3) is 2.67. The van der Waals surface area contributed by atoms with E-state index in [0.717, 1.165) is 19.4 Å². The average Bonchev–Trinajstić information content (AvgIpc) is 2.39.